The minimum absolute atomic E-state index is 0.0382. The van der Waals surface area contributed by atoms with Crippen molar-refractivity contribution < 1.29 is 8.42 Å². The van der Waals surface area contributed by atoms with Crippen LogP contribution < -0.4 is 0 Å². The molecule has 0 aliphatic carbocycles. The maximum atomic E-state index is 11.8. The zero-order chi connectivity index (χ0) is 11.3. The van der Waals surface area contributed by atoms with E-state index in [0.29, 0.717) is 6.42 Å². The van der Waals surface area contributed by atoms with Crippen molar-refractivity contribution in [1.29, 1.82) is 0 Å². The molecule has 0 aliphatic rings. The molecule has 0 spiro atoms. The highest BCUT2D eigenvalue weighted by Crippen LogP contribution is 2.11. The Balaban J connectivity index is 2.81. The summed E-state index contributed by atoms with van der Waals surface area (Å²) >= 11 is 0. The second-order valence-electron chi connectivity index (χ2n) is 3.44. The predicted molar refractivity (Wildman–Crippen MR) is 58.1 cm³/mol. The summed E-state index contributed by atoms with van der Waals surface area (Å²) in [6.07, 6.45) is 5.24. The molecule has 0 bridgehead atoms. The molecule has 0 aromatic carbocycles. The molecular formula is C10H14N2O2S. The first-order valence-corrected chi connectivity index (χ1v) is 6.32. The molecule has 0 aliphatic heterocycles. The van der Waals surface area contributed by atoms with Crippen molar-refractivity contribution in [3.05, 3.63) is 31.1 Å². The van der Waals surface area contributed by atoms with Crippen LogP contribution >= 0.6 is 0 Å². The fourth-order valence-electron chi connectivity index (χ4n) is 1.25. The summed E-state index contributed by atoms with van der Waals surface area (Å²) in [5.41, 5.74) is 0. The van der Waals surface area contributed by atoms with E-state index in [0.717, 1.165) is 0 Å². The lowest BCUT2D eigenvalue weighted by Crippen LogP contribution is -2.16. The van der Waals surface area contributed by atoms with Crippen LogP contribution in [0.25, 0.3) is 0 Å². The summed E-state index contributed by atoms with van der Waals surface area (Å²) in [5, 5.41) is -0.0964. The van der Waals surface area contributed by atoms with Gasteiger partial charge in [0, 0.05) is 12.4 Å². The molecule has 1 aromatic heterocycles. The first kappa shape index (κ1) is 11.8. The number of hydrogen-bond acceptors (Lipinski definition) is 4. The molecule has 15 heavy (non-hydrogen) atoms. The molecule has 0 radical (unpaired) electrons. The summed E-state index contributed by atoms with van der Waals surface area (Å²) in [6.45, 7) is 5.44. The third-order valence-corrected chi connectivity index (χ3v) is 3.67. The summed E-state index contributed by atoms with van der Waals surface area (Å²) < 4.78 is 23.5. The van der Waals surface area contributed by atoms with E-state index in [2.05, 4.69) is 16.5 Å². The first-order valence-electron chi connectivity index (χ1n) is 4.67. The number of nitrogens with zero attached hydrogens (tertiary/aromatic N) is 2. The highest BCUT2D eigenvalue weighted by Gasteiger charge is 2.20. The van der Waals surface area contributed by atoms with Crippen LogP contribution in [-0.2, 0) is 9.84 Å². The fourth-order valence-corrected chi connectivity index (χ4v) is 2.72. The molecule has 0 N–H and O–H groups in total. The topological polar surface area (TPSA) is 59.9 Å². The standard InChI is InChI=1S/C10H14N2O2S/c1-3-5-9(2)8-15(13,14)10-11-6-4-7-12-10/h3-4,6-7,9H,1,5,8H2,2H3. The molecule has 1 aromatic rings. The van der Waals surface area contributed by atoms with Gasteiger partial charge in [0.15, 0.2) is 0 Å². The Bertz CT molecular complexity index is 414. The van der Waals surface area contributed by atoms with E-state index in [1.54, 1.807) is 12.1 Å². The van der Waals surface area contributed by atoms with Gasteiger partial charge in [-0.15, -0.1) is 6.58 Å². The van der Waals surface area contributed by atoms with Gasteiger partial charge in [-0.1, -0.05) is 13.0 Å². The zero-order valence-corrected chi connectivity index (χ0v) is 9.44. The molecule has 4 nitrogen and oxygen atoms in total. The van der Waals surface area contributed by atoms with Gasteiger partial charge in [0.05, 0.1) is 5.75 Å². The van der Waals surface area contributed by atoms with E-state index in [4.69, 9.17) is 0 Å². The normalized spacial score (nSPS) is 13.4. The van der Waals surface area contributed by atoms with E-state index in [1.165, 1.54) is 12.4 Å². The second-order valence-corrected chi connectivity index (χ2v) is 5.37. The number of sulfone groups is 1. The van der Waals surface area contributed by atoms with Crippen molar-refractivity contribution >= 4 is 9.84 Å². The number of rotatable bonds is 5. The summed E-state index contributed by atoms with van der Waals surface area (Å²) in [4.78, 5) is 7.48. The minimum atomic E-state index is -3.35. The largest absolute Gasteiger partial charge is 0.247 e. The maximum absolute atomic E-state index is 11.8. The summed E-state index contributed by atoms with van der Waals surface area (Å²) in [6, 6.07) is 1.59. The van der Waals surface area contributed by atoms with Crippen LogP contribution in [-0.4, -0.2) is 24.1 Å². The lowest BCUT2D eigenvalue weighted by Gasteiger charge is -2.07. The average Bonchev–Trinajstić information content (AvgIpc) is 2.18. The molecule has 1 atom stereocenters. The van der Waals surface area contributed by atoms with E-state index >= 15 is 0 Å². The van der Waals surface area contributed by atoms with Crippen LogP contribution in [0.3, 0.4) is 0 Å². The van der Waals surface area contributed by atoms with Crippen LogP contribution in [0.5, 0.6) is 0 Å². The maximum Gasteiger partial charge on any atom is 0.247 e. The Morgan fingerprint density at radius 1 is 1.47 bits per heavy atom. The first-order chi connectivity index (χ1) is 7.06. The molecule has 0 saturated carbocycles. The van der Waals surface area contributed by atoms with Crippen molar-refractivity contribution in [2.45, 2.75) is 18.5 Å². The molecule has 0 amide bonds. The number of aromatic nitrogens is 2. The molecule has 5 heteroatoms. The van der Waals surface area contributed by atoms with Crippen molar-refractivity contribution in [1.82, 2.24) is 9.97 Å². The van der Waals surface area contributed by atoms with E-state index in [1.807, 2.05) is 6.92 Å². The highest BCUT2D eigenvalue weighted by molar-refractivity contribution is 7.91. The van der Waals surface area contributed by atoms with Crippen LogP contribution in [0, 0.1) is 5.92 Å². The second kappa shape index (κ2) is 5.02. The molecule has 0 fully saturated rings. The van der Waals surface area contributed by atoms with Gasteiger partial charge in [-0.3, -0.25) is 0 Å². The number of hydrogen-bond donors (Lipinski definition) is 0. The Morgan fingerprint density at radius 3 is 2.60 bits per heavy atom. The van der Waals surface area contributed by atoms with Crippen LogP contribution in [0.1, 0.15) is 13.3 Å². The Kier molecular flexibility index (Phi) is 3.96. The molecule has 82 valence electrons. The zero-order valence-electron chi connectivity index (χ0n) is 8.63. The van der Waals surface area contributed by atoms with E-state index in [9.17, 15) is 8.42 Å². The van der Waals surface area contributed by atoms with Gasteiger partial charge in [-0.2, -0.15) is 0 Å². The van der Waals surface area contributed by atoms with E-state index < -0.39 is 9.84 Å². The lowest BCUT2D eigenvalue weighted by molar-refractivity contribution is 0.565. The van der Waals surface area contributed by atoms with Crippen molar-refractivity contribution in [3.8, 4) is 0 Å². The third-order valence-electron chi connectivity index (χ3n) is 1.89. The molecule has 1 unspecified atom stereocenters. The minimum Gasteiger partial charge on any atom is -0.227 e. The third kappa shape index (κ3) is 3.43. The molecular weight excluding hydrogens is 212 g/mol. The molecule has 1 rings (SSSR count). The van der Waals surface area contributed by atoms with Crippen molar-refractivity contribution in [2.24, 2.45) is 5.92 Å². The summed E-state index contributed by atoms with van der Waals surface area (Å²) in [5.74, 6) is 0.0968. The molecule has 0 saturated heterocycles. The lowest BCUT2D eigenvalue weighted by atomic mass is 10.1. The average molecular weight is 226 g/mol. The number of allylic oxidation sites excluding steroid dienone is 1. The highest BCUT2D eigenvalue weighted by atomic mass is 32.2. The Morgan fingerprint density at radius 2 is 2.07 bits per heavy atom. The SMILES string of the molecule is C=CCC(C)CS(=O)(=O)c1ncccn1. The van der Waals surface area contributed by atoms with Crippen LogP contribution in [0.2, 0.25) is 0 Å². The quantitative estimate of drug-likeness (QED) is 0.563. The predicted octanol–water partition coefficient (Wildman–Crippen LogP) is 1.46. The van der Waals surface area contributed by atoms with Gasteiger partial charge in [0.2, 0.25) is 15.0 Å². The van der Waals surface area contributed by atoms with Crippen LogP contribution in [0.4, 0.5) is 0 Å². The van der Waals surface area contributed by atoms with Gasteiger partial charge in [-0.05, 0) is 18.4 Å². The van der Waals surface area contributed by atoms with Gasteiger partial charge in [0.25, 0.3) is 0 Å². The monoisotopic (exact) mass is 226 g/mol. The summed E-state index contributed by atoms with van der Waals surface area (Å²) in [7, 11) is -3.35. The van der Waals surface area contributed by atoms with Gasteiger partial charge in [0.1, 0.15) is 0 Å². The Labute approximate surface area is 90.0 Å². The van der Waals surface area contributed by atoms with Gasteiger partial charge >= 0.3 is 0 Å². The fraction of sp³-hybridized carbons (Fsp3) is 0.400. The molecule has 1 heterocycles. The smallest absolute Gasteiger partial charge is 0.227 e. The Hall–Kier alpha value is -1.23. The van der Waals surface area contributed by atoms with Gasteiger partial charge < -0.3 is 0 Å². The van der Waals surface area contributed by atoms with Crippen LogP contribution in [0.15, 0.2) is 36.3 Å². The van der Waals surface area contributed by atoms with Crippen molar-refractivity contribution in [3.63, 3.8) is 0 Å². The van der Waals surface area contributed by atoms with E-state index in [-0.39, 0.29) is 16.8 Å². The van der Waals surface area contributed by atoms with Gasteiger partial charge in [-0.25, -0.2) is 18.4 Å². The van der Waals surface area contributed by atoms with Crippen molar-refractivity contribution in [2.75, 3.05) is 5.75 Å².